The van der Waals surface area contributed by atoms with Gasteiger partial charge in [-0.05, 0) is 42.0 Å². The van der Waals surface area contributed by atoms with Crippen LogP contribution in [-0.4, -0.2) is 22.3 Å². The normalized spacial score (nSPS) is 17.3. The molecule has 124 valence electrons. The number of aliphatic hydroxyl groups is 1. The smallest absolute Gasteiger partial charge is 0.316 e. The number of nitrogens with two attached hydrogens (primary N) is 1. The largest absolute Gasteiger partial charge is 0.369 e. The van der Waals surface area contributed by atoms with Gasteiger partial charge in [0.25, 0.3) is 0 Å². The summed E-state index contributed by atoms with van der Waals surface area (Å²) in [4.78, 5) is 15.4. The van der Waals surface area contributed by atoms with E-state index in [0.717, 1.165) is 33.3 Å². The Bertz CT molecular complexity index is 1010. The third-order valence-electron chi connectivity index (χ3n) is 4.18. The molecule has 1 atom stereocenters. The Hall–Kier alpha value is -3.38. The fraction of sp³-hybridized carbons (Fsp3) is 0.0526. The predicted octanol–water partition coefficient (Wildman–Crippen LogP) is 3.01. The summed E-state index contributed by atoms with van der Waals surface area (Å²) < 4.78 is 0. The van der Waals surface area contributed by atoms with Crippen LogP contribution in [0.25, 0.3) is 22.6 Å². The number of benzene rings is 2. The van der Waals surface area contributed by atoms with Gasteiger partial charge in [0.05, 0.1) is 5.52 Å². The average molecular weight is 332 g/mol. The number of para-hydroxylation sites is 1. The summed E-state index contributed by atoms with van der Waals surface area (Å²) in [7, 11) is 0. The lowest BCUT2D eigenvalue weighted by Gasteiger charge is -2.08. The van der Waals surface area contributed by atoms with E-state index >= 15 is 0 Å². The van der Waals surface area contributed by atoms with Crippen molar-refractivity contribution in [2.24, 2.45) is 5.73 Å². The van der Waals surface area contributed by atoms with Crippen molar-refractivity contribution < 1.29 is 9.90 Å². The summed E-state index contributed by atoms with van der Waals surface area (Å²) in [5, 5.41) is 17.0. The first kappa shape index (κ1) is 15.2. The number of pyridine rings is 1. The molecule has 6 nitrogen and oxygen atoms in total. The molecule has 0 saturated carbocycles. The molecule has 3 aromatic rings. The van der Waals surface area contributed by atoms with Gasteiger partial charge in [-0.25, -0.2) is 4.79 Å². The molecule has 2 heterocycles. The molecule has 25 heavy (non-hydrogen) atoms. The Morgan fingerprint density at radius 3 is 2.92 bits per heavy atom. The molecule has 1 aromatic heterocycles. The van der Waals surface area contributed by atoms with E-state index < -0.39 is 12.3 Å². The molecular formula is C19H16N4O2. The van der Waals surface area contributed by atoms with Crippen LogP contribution in [0.3, 0.4) is 0 Å². The molecule has 0 bridgehead atoms. The number of carbonyl (C=O) groups is 1. The number of urea groups is 1. The number of primary amides is 1. The molecule has 0 saturated heterocycles. The Balaban J connectivity index is 1.83. The standard InChI is InChI=1S/C19H16N4O2/c20-19(25)22-12-5-6-17-14(10-12)15(18(24)23-17)9-11-7-8-21-16-4-2-1-3-13(11)16/h1-10,18,23-24H,(H3,20,22,25). The van der Waals surface area contributed by atoms with Crippen LogP contribution in [0.5, 0.6) is 0 Å². The van der Waals surface area contributed by atoms with E-state index in [1.54, 1.807) is 24.4 Å². The van der Waals surface area contributed by atoms with E-state index in [1.165, 1.54) is 0 Å². The van der Waals surface area contributed by atoms with Crippen molar-refractivity contribution in [1.82, 2.24) is 4.98 Å². The number of amides is 2. The topological polar surface area (TPSA) is 100 Å². The average Bonchev–Trinajstić information content (AvgIpc) is 2.90. The summed E-state index contributed by atoms with van der Waals surface area (Å²) in [6, 6.07) is 14.4. The van der Waals surface area contributed by atoms with Crippen LogP contribution in [0.1, 0.15) is 11.1 Å². The molecule has 1 aliphatic rings. The first-order valence-corrected chi connectivity index (χ1v) is 7.82. The van der Waals surface area contributed by atoms with E-state index in [1.807, 2.05) is 36.4 Å². The number of aliphatic hydroxyl groups excluding tert-OH is 1. The highest BCUT2D eigenvalue weighted by molar-refractivity contribution is 6.00. The molecule has 1 unspecified atom stereocenters. The number of anilines is 2. The number of hydrogen-bond donors (Lipinski definition) is 4. The molecule has 2 amide bonds. The molecule has 0 radical (unpaired) electrons. The lowest BCUT2D eigenvalue weighted by atomic mass is 10.0. The van der Waals surface area contributed by atoms with Crippen molar-refractivity contribution in [3.05, 3.63) is 65.9 Å². The molecule has 0 aliphatic carbocycles. The van der Waals surface area contributed by atoms with Gasteiger partial charge in [0, 0.05) is 34.1 Å². The summed E-state index contributed by atoms with van der Waals surface area (Å²) in [6.45, 7) is 0. The summed E-state index contributed by atoms with van der Waals surface area (Å²) >= 11 is 0. The van der Waals surface area contributed by atoms with Crippen LogP contribution >= 0.6 is 0 Å². The second kappa shape index (κ2) is 5.92. The van der Waals surface area contributed by atoms with Crippen molar-refractivity contribution in [3.8, 4) is 0 Å². The maximum absolute atomic E-state index is 11.1. The van der Waals surface area contributed by atoms with E-state index in [9.17, 15) is 9.90 Å². The Labute approximate surface area is 144 Å². The van der Waals surface area contributed by atoms with E-state index in [0.29, 0.717) is 5.69 Å². The molecule has 2 aromatic carbocycles. The van der Waals surface area contributed by atoms with Crippen molar-refractivity contribution in [1.29, 1.82) is 0 Å². The lowest BCUT2D eigenvalue weighted by Crippen LogP contribution is -2.19. The lowest BCUT2D eigenvalue weighted by molar-refractivity contribution is 0.259. The zero-order valence-corrected chi connectivity index (χ0v) is 13.2. The van der Waals surface area contributed by atoms with Crippen LogP contribution in [-0.2, 0) is 0 Å². The van der Waals surface area contributed by atoms with E-state index in [-0.39, 0.29) is 0 Å². The van der Waals surface area contributed by atoms with Crippen LogP contribution in [0.4, 0.5) is 16.2 Å². The number of carbonyl (C=O) groups excluding carboxylic acids is 1. The molecule has 5 N–H and O–H groups in total. The fourth-order valence-corrected chi connectivity index (χ4v) is 3.07. The Morgan fingerprint density at radius 1 is 1.24 bits per heavy atom. The van der Waals surface area contributed by atoms with Crippen molar-refractivity contribution >= 4 is 40.0 Å². The SMILES string of the molecule is NC(=O)Nc1ccc2c(c1)C(=Cc1ccnc3ccccc13)C(O)N2. The molecule has 6 heteroatoms. The van der Waals surface area contributed by atoms with Gasteiger partial charge in [0.2, 0.25) is 0 Å². The first-order valence-electron chi connectivity index (χ1n) is 7.82. The maximum Gasteiger partial charge on any atom is 0.316 e. The Kier molecular flexibility index (Phi) is 3.59. The van der Waals surface area contributed by atoms with Crippen LogP contribution in [0.15, 0.2) is 54.7 Å². The number of nitrogens with zero attached hydrogens (tertiary/aromatic N) is 1. The molecule has 0 spiro atoms. The van der Waals surface area contributed by atoms with E-state index in [2.05, 4.69) is 15.6 Å². The minimum atomic E-state index is -0.828. The Morgan fingerprint density at radius 2 is 2.08 bits per heavy atom. The van der Waals surface area contributed by atoms with Crippen LogP contribution < -0.4 is 16.4 Å². The molecule has 4 rings (SSSR count). The van der Waals surface area contributed by atoms with Gasteiger partial charge in [0.15, 0.2) is 6.23 Å². The number of rotatable bonds is 2. The number of nitrogens with one attached hydrogen (secondary N) is 2. The minimum absolute atomic E-state index is 0.577. The molecule has 0 fully saturated rings. The number of aromatic nitrogens is 1. The second-order valence-corrected chi connectivity index (χ2v) is 5.81. The molecule has 1 aliphatic heterocycles. The van der Waals surface area contributed by atoms with Crippen LogP contribution in [0.2, 0.25) is 0 Å². The van der Waals surface area contributed by atoms with Gasteiger partial charge in [-0.1, -0.05) is 18.2 Å². The highest BCUT2D eigenvalue weighted by atomic mass is 16.3. The number of hydrogen-bond acceptors (Lipinski definition) is 4. The van der Waals surface area contributed by atoms with Gasteiger partial charge < -0.3 is 21.5 Å². The van der Waals surface area contributed by atoms with Gasteiger partial charge >= 0.3 is 6.03 Å². The van der Waals surface area contributed by atoms with Crippen molar-refractivity contribution in [3.63, 3.8) is 0 Å². The zero-order valence-electron chi connectivity index (χ0n) is 13.2. The maximum atomic E-state index is 11.1. The third kappa shape index (κ3) is 2.79. The van der Waals surface area contributed by atoms with Gasteiger partial charge in [-0.3, -0.25) is 4.98 Å². The first-order chi connectivity index (χ1) is 12.1. The summed E-state index contributed by atoms with van der Waals surface area (Å²) in [5.41, 5.74) is 9.95. The van der Waals surface area contributed by atoms with Gasteiger partial charge in [-0.2, -0.15) is 0 Å². The number of fused-ring (bicyclic) bond motifs is 2. The van der Waals surface area contributed by atoms with Gasteiger partial charge in [-0.15, -0.1) is 0 Å². The molecular weight excluding hydrogens is 316 g/mol. The zero-order chi connectivity index (χ0) is 17.4. The third-order valence-corrected chi connectivity index (χ3v) is 4.18. The summed E-state index contributed by atoms with van der Waals surface area (Å²) in [6.07, 6.45) is 2.85. The monoisotopic (exact) mass is 332 g/mol. The quantitative estimate of drug-likeness (QED) is 0.579. The van der Waals surface area contributed by atoms with Crippen molar-refractivity contribution in [2.75, 3.05) is 10.6 Å². The second-order valence-electron chi connectivity index (χ2n) is 5.81. The summed E-state index contributed by atoms with van der Waals surface area (Å²) in [5.74, 6) is 0. The highest BCUT2D eigenvalue weighted by Gasteiger charge is 2.25. The van der Waals surface area contributed by atoms with E-state index in [4.69, 9.17) is 5.73 Å². The van der Waals surface area contributed by atoms with Gasteiger partial charge in [0.1, 0.15) is 0 Å². The predicted molar refractivity (Wildman–Crippen MR) is 98.9 cm³/mol. The minimum Gasteiger partial charge on any atom is -0.369 e. The highest BCUT2D eigenvalue weighted by Crippen LogP contribution is 2.37. The fourth-order valence-electron chi connectivity index (χ4n) is 3.07. The van der Waals surface area contributed by atoms with Crippen LogP contribution in [0, 0.1) is 0 Å². The van der Waals surface area contributed by atoms with Crippen molar-refractivity contribution in [2.45, 2.75) is 6.23 Å².